The Balaban J connectivity index is 1.77. The van der Waals surface area contributed by atoms with Crippen LogP contribution in [0.15, 0.2) is 85.0 Å². The van der Waals surface area contributed by atoms with Crippen molar-refractivity contribution in [3.63, 3.8) is 0 Å². The van der Waals surface area contributed by atoms with Crippen LogP contribution in [0.2, 0.25) is 5.02 Å². The van der Waals surface area contributed by atoms with Crippen molar-refractivity contribution >= 4 is 23.6 Å². The summed E-state index contributed by atoms with van der Waals surface area (Å²) in [4.78, 5) is 12.7. The molecule has 0 aliphatic heterocycles. The smallest absolute Gasteiger partial charge is 0.261 e. The molecule has 0 unspecified atom stereocenters. The normalized spacial score (nSPS) is 10.9. The maximum Gasteiger partial charge on any atom is 0.261 e. The van der Waals surface area contributed by atoms with Gasteiger partial charge in [0, 0.05) is 22.7 Å². The minimum absolute atomic E-state index is 0.0245. The zero-order chi connectivity index (χ0) is 26.5. The molecular formula is C31H31ClN2O3. The van der Waals surface area contributed by atoms with Gasteiger partial charge in [-0.1, -0.05) is 66.2 Å². The number of benzene rings is 3. The molecule has 0 saturated carbocycles. The highest BCUT2D eigenvalue weighted by Crippen LogP contribution is 2.35. The Hall–Kier alpha value is -4.01. The van der Waals surface area contributed by atoms with Crippen LogP contribution in [-0.4, -0.2) is 19.1 Å². The fourth-order valence-corrected chi connectivity index (χ4v) is 4.01. The first-order valence-corrected chi connectivity index (χ1v) is 12.6. The van der Waals surface area contributed by atoms with Gasteiger partial charge in [0.15, 0.2) is 11.5 Å². The quantitative estimate of drug-likeness (QED) is 0.119. The Morgan fingerprint density at radius 2 is 1.84 bits per heavy atom. The summed E-state index contributed by atoms with van der Waals surface area (Å²) in [7, 11) is 0. The van der Waals surface area contributed by atoms with Gasteiger partial charge in [0.1, 0.15) is 18.2 Å². The van der Waals surface area contributed by atoms with Gasteiger partial charge < -0.3 is 14.8 Å². The average molecular weight is 515 g/mol. The fourth-order valence-electron chi connectivity index (χ4n) is 3.82. The van der Waals surface area contributed by atoms with Gasteiger partial charge in [0.25, 0.3) is 5.91 Å². The molecule has 0 heterocycles. The zero-order valence-corrected chi connectivity index (χ0v) is 21.8. The maximum atomic E-state index is 12.7. The SMILES string of the molecule is C=CCc1cc(/C=C(/C#N)C(=O)NCCCc2ccccc2)cc(OCC)c1OCc1ccccc1Cl. The minimum atomic E-state index is -0.405. The third-order valence-electron chi connectivity index (χ3n) is 5.59. The highest BCUT2D eigenvalue weighted by Gasteiger charge is 2.16. The lowest BCUT2D eigenvalue weighted by Crippen LogP contribution is -2.25. The third kappa shape index (κ3) is 8.27. The van der Waals surface area contributed by atoms with E-state index >= 15 is 0 Å². The Bertz CT molecular complexity index is 1280. The Kier molecular flexibility index (Phi) is 10.8. The Labute approximate surface area is 224 Å². The molecule has 190 valence electrons. The van der Waals surface area contributed by atoms with Crippen molar-refractivity contribution in [3.05, 3.63) is 112 Å². The van der Waals surface area contributed by atoms with Crippen LogP contribution < -0.4 is 14.8 Å². The summed E-state index contributed by atoms with van der Waals surface area (Å²) < 4.78 is 12.0. The van der Waals surface area contributed by atoms with Crippen LogP contribution in [-0.2, 0) is 24.2 Å². The molecular weight excluding hydrogens is 484 g/mol. The summed E-state index contributed by atoms with van der Waals surface area (Å²) >= 11 is 6.29. The molecule has 1 N–H and O–H groups in total. The number of amides is 1. The van der Waals surface area contributed by atoms with Gasteiger partial charge >= 0.3 is 0 Å². The van der Waals surface area contributed by atoms with E-state index < -0.39 is 5.91 Å². The monoisotopic (exact) mass is 514 g/mol. The Morgan fingerprint density at radius 3 is 2.54 bits per heavy atom. The number of halogens is 1. The first-order valence-electron chi connectivity index (χ1n) is 12.3. The minimum Gasteiger partial charge on any atom is -0.490 e. The summed E-state index contributed by atoms with van der Waals surface area (Å²) in [6, 6.07) is 23.3. The molecule has 0 fully saturated rings. The van der Waals surface area contributed by atoms with E-state index in [4.69, 9.17) is 21.1 Å². The number of hydrogen-bond acceptors (Lipinski definition) is 4. The topological polar surface area (TPSA) is 71.4 Å². The largest absolute Gasteiger partial charge is 0.490 e. The van der Waals surface area contributed by atoms with Crippen molar-refractivity contribution in [2.45, 2.75) is 32.8 Å². The van der Waals surface area contributed by atoms with Crippen LogP contribution in [0, 0.1) is 11.3 Å². The summed E-state index contributed by atoms with van der Waals surface area (Å²) in [5.74, 6) is 0.709. The molecule has 3 aromatic rings. The van der Waals surface area contributed by atoms with Gasteiger partial charge in [-0.2, -0.15) is 5.26 Å². The van der Waals surface area contributed by atoms with Crippen LogP contribution in [0.1, 0.15) is 35.6 Å². The molecule has 3 rings (SSSR count). The molecule has 3 aromatic carbocycles. The van der Waals surface area contributed by atoms with Crippen LogP contribution >= 0.6 is 11.6 Å². The molecule has 0 atom stereocenters. The van der Waals surface area contributed by atoms with E-state index in [1.807, 2.05) is 61.5 Å². The second-order valence-electron chi connectivity index (χ2n) is 8.33. The maximum absolute atomic E-state index is 12.7. The number of allylic oxidation sites excluding steroid dienone is 1. The molecule has 5 nitrogen and oxygen atoms in total. The second kappa shape index (κ2) is 14.5. The molecule has 37 heavy (non-hydrogen) atoms. The number of carbonyl (C=O) groups excluding carboxylic acids is 1. The van der Waals surface area contributed by atoms with Gasteiger partial charge in [-0.05, 0) is 61.6 Å². The van der Waals surface area contributed by atoms with Crippen molar-refractivity contribution in [2.75, 3.05) is 13.2 Å². The lowest BCUT2D eigenvalue weighted by atomic mass is 10.0. The number of ether oxygens (including phenoxy) is 2. The highest BCUT2D eigenvalue weighted by atomic mass is 35.5. The number of hydrogen-bond donors (Lipinski definition) is 1. The van der Waals surface area contributed by atoms with Gasteiger partial charge in [0.2, 0.25) is 0 Å². The van der Waals surface area contributed by atoms with Crippen molar-refractivity contribution in [1.82, 2.24) is 5.32 Å². The molecule has 0 aliphatic carbocycles. The number of nitrogens with one attached hydrogen (secondary N) is 1. The zero-order valence-electron chi connectivity index (χ0n) is 21.0. The lowest BCUT2D eigenvalue weighted by molar-refractivity contribution is -0.117. The van der Waals surface area contributed by atoms with E-state index in [0.29, 0.717) is 41.7 Å². The van der Waals surface area contributed by atoms with E-state index in [1.165, 1.54) is 5.56 Å². The average Bonchev–Trinajstić information content (AvgIpc) is 2.91. The highest BCUT2D eigenvalue weighted by molar-refractivity contribution is 6.31. The molecule has 0 aromatic heterocycles. The predicted octanol–water partition coefficient (Wildman–Crippen LogP) is 6.70. The van der Waals surface area contributed by atoms with Crippen molar-refractivity contribution < 1.29 is 14.3 Å². The number of aryl methyl sites for hydroxylation is 1. The number of carbonyl (C=O) groups is 1. The molecule has 6 heteroatoms. The van der Waals surface area contributed by atoms with E-state index in [0.717, 1.165) is 24.0 Å². The predicted molar refractivity (Wildman–Crippen MR) is 149 cm³/mol. The number of nitrogens with zero attached hydrogens (tertiary/aromatic N) is 1. The number of rotatable bonds is 13. The molecule has 0 spiro atoms. The molecule has 0 radical (unpaired) electrons. The lowest BCUT2D eigenvalue weighted by Gasteiger charge is -2.17. The third-order valence-corrected chi connectivity index (χ3v) is 5.96. The first-order chi connectivity index (χ1) is 18.0. The molecule has 0 aliphatic rings. The van der Waals surface area contributed by atoms with Crippen LogP contribution in [0.5, 0.6) is 11.5 Å². The van der Waals surface area contributed by atoms with E-state index in [-0.39, 0.29) is 12.2 Å². The summed E-state index contributed by atoms with van der Waals surface area (Å²) in [5, 5.41) is 13.1. The first kappa shape index (κ1) is 27.6. The standard InChI is InChI=1S/C31H31ClN2O3/c1-3-11-25-18-24(19-27(21-33)31(35)34-17-10-14-23-12-6-5-7-13-23)20-29(36-4-2)30(25)37-22-26-15-8-9-16-28(26)32/h3,5-9,12-13,15-16,18-20H,1,4,10-11,14,17,22H2,2H3,(H,34,35)/b27-19-. The van der Waals surface area contributed by atoms with Gasteiger partial charge in [-0.3, -0.25) is 4.79 Å². The number of nitriles is 1. The summed E-state index contributed by atoms with van der Waals surface area (Å²) in [5.41, 5.74) is 3.59. The van der Waals surface area contributed by atoms with E-state index in [2.05, 4.69) is 24.0 Å². The summed E-state index contributed by atoms with van der Waals surface area (Å²) in [6.07, 6.45) is 5.49. The van der Waals surface area contributed by atoms with Crippen molar-refractivity contribution in [3.8, 4) is 17.6 Å². The van der Waals surface area contributed by atoms with Gasteiger partial charge in [-0.25, -0.2) is 0 Å². The van der Waals surface area contributed by atoms with Gasteiger partial charge in [-0.15, -0.1) is 6.58 Å². The van der Waals surface area contributed by atoms with Crippen LogP contribution in [0.3, 0.4) is 0 Å². The van der Waals surface area contributed by atoms with Crippen molar-refractivity contribution in [1.29, 1.82) is 5.26 Å². The second-order valence-corrected chi connectivity index (χ2v) is 8.74. The molecule has 0 saturated heterocycles. The van der Waals surface area contributed by atoms with Crippen molar-refractivity contribution in [2.24, 2.45) is 0 Å². The van der Waals surface area contributed by atoms with E-state index in [9.17, 15) is 10.1 Å². The van der Waals surface area contributed by atoms with Crippen LogP contribution in [0.25, 0.3) is 6.08 Å². The molecule has 1 amide bonds. The van der Waals surface area contributed by atoms with Crippen LogP contribution in [0.4, 0.5) is 0 Å². The van der Waals surface area contributed by atoms with E-state index in [1.54, 1.807) is 18.2 Å². The Morgan fingerprint density at radius 1 is 1.08 bits per heavy atom. The molecule has 0 bridgehead atoms. The fraction of sp³-hybridized carbons (Fsp3) is 0.226. The van der Waals surface area contributed by atoms with Gasteiger partial charge in [0.05, 0.1) is 6.61 Å². The summed E-state index contributed by atoms with van der Waals surface area (Å²) in [6.45, 7) is 6.92.